The maximum absolute atomic E-state index is 13.0. The van der Waals surface area contributed by atoms with Crippen molar-refractivity contribution in [2.24, 2.45) is 0 Å². The smallest absolute Gasteiger partial charge is 0.243 e. The number of nitrogens with zero attached hydrogens (tertiary/aromatic N) is 2. The van der Waals surface area contributed by atoms with E-state index in [0.29, 0.717) is 29.0 Å². The fraction of sp³-hybridized carbons (Fsp3) is 0.353. The molecule has 0 fully saturated rings. The standard InChI is InChI=1S/C17H21N3O4S2/c1-13-5-3-4-6-17(13)26(23,24)20-8-7-16-15(12-20)9-14(10-18-16)11-19-25(2,21)22/h3-6,9-10,19H,7-8,11-12H2,1-2H3. The normalized spacial score (nSPS) is 15.6. The summed E-state index contributed by atoms with van der Waals surface area (Å²) in [5, 5.41) is 0. The van der Waals surface area contributed by atoms with Crippen molar-refractivity contribution in [2.45, 2.75) is 31.3 Å². The molecule has 0 saturated carbocycles. The summed E-state index contributed by atoms with van der Waals surface area (Å²) in [4.78, 5) is 4.68. The average molecular weight is 396 g/mol. The first-order chi connectivity index (χ1) is 12.2. The van der Waals surface area contributed by atoms with Gasteiger partial charge in [0, 0.05) is 37.9 Å². The number of aryl methyl sites for hydroxylation is 1. The molecule has 0 atom stereocenters. The van der Waals surface area contributed by atoms with E-state index in [1.165, 1.54) is 4.31 Å². The van der Waals surface area contributed by atoms with Gasteiger partial charge in [0.25, 0.3) is 0 Å². The third-order valence-corrected chi connectivity index (χ3v) is 6.99. The van der Waals surface area contributed by atoms with Crippen LogP contribution in [0.2, 0.25) is 0 Å². The van der Waals surface area contributed by atoms with E-state index in [-0.39, 0.29) is 13.1 Å². The van der Waals surface area contributed by atoms with Crippen LogP contribution in [0.1, 0.15) is 22.4 Å². The molecule has 3 rings (SSSR count). The van der Waals surface area contributed by atoms with Crippen LogP contribution in [0.4, 0.5) is 0 Å². The quantitative estimate of drug-likeness (QED) is 0.820. The van der Waals surface area contributed by atoms with E-state index in [4.69, 9.17) is 0 Å². The van der Waals surface area contributed by atoms with E-state index in [1.807, 2.05) is 12.1 Å². The summed E-state index contributed by atoms with van der Waals surface area (Å²) < 4.78 is 52.3. The minimum Gasteiger partial charge on any atom is -0.261 e. The zero-order chi connectivity index (χ0) is 18.9. The lowest BCUT2D eigenvalue weighted by Gasteiger charge is -2.28. The molecule has 2 aromatic rings. The molecule has 1 aliphatic rings. The van der Waals surface area contributed by atoms with Crippen LogP contribution in [0.15, 0.2) is 41.4 Å². The van der Waals surface area contributed by atoms with Crippen LogP contribution in [0, 0.1) is 6.92 Å². The van der Waals surface area contributed by atoms with Crippen LogP contribution in [0.3, 0.4) is 0 Å². The van der Waals surface area contributed by atoms with Gasteiger partial charge in [-0.2, -0.15) is 4.31 Å². The largest absolute Gasteiger partial charge is 0.261 e. The van der Waals surface area contributed by atoms with Crippen molar-refractivity contribution in [3.63, 3.8) is 0 Å². The number of rotatable bonds is 5. The minimum absolute atomic E-state index is 0.129. The Bertz CT molecular complexity index is 1030. The molecule has 0 radical (unpaired) electrons. The molecule has 1 aliphatic heterocycles. The molecule has 0 spiro atoms. The van der Waals surface area contributed by atoms with Gasteiger partial charge in [0.15, 0.2) is 0 Å². The Hall–Kier alpha value is -1.81. The zero-order valence-electron chi connectivity index (χ0n) is 14.6. The van der Waals surface area contributed by atoms with Crippen molar-refractivity contribution in [3.8, 4) is 0 Å². The maximum atomic E-state index is 13.0. The molecule has 1 aromatic heterocycles. The van der Waals surface area contributed by atoms with Crippen molar-refractivity contribution in [1.82, 2.24) is 14.0 Å². The van der Waals surface area contributed by atoms with Crippen LogP contribution in [0.25, 0.3) is 0 Å². The summed E-state index contributed by atoms with van der Waals surface area (Å²) in [7, 11) is -6.89. The number of pyridine rings is 1. The van der Waals surface area contributed by atoms with Crippen LogP contribution in [0.5, 0.6) is 0 Å². The van der Waals surface area contributed by atoms with Crippen LogP contribution >= 0.6 is 0 Å². The number of hydrogen-bond donors (Lipinski definition) is 1. The van der Waals surface area contributed by atoms with Crippen molar-refractivity contribution < 1.29 is 16.8 Å². The second kappa shape index (κ2) is 7.07. The van der Waals surface area contributed by atoms with Gasteiger partial charge in [0.05, 0.1) is 11.2 Å². The van der Waals surface area contributed by atoms with E-state index in [2.05, 4.69) is 9.71 Å². The highest BCUT2D eigenvalue weighted by atomic mass is 32.2. The van der Waals surface area contributed by atoms with Gasteiger partial charge in [-0.15, -0.1) is 0 Å². The molecule has 140 valence electrons. The molecule has 2 heterocycles. The molecule has 26 heavy (non-hydrogen) atoms. The lowest BCUT2D eigenvalue weighted by molar-refractivity contribution is 0.387. The minimum atomic E-state index is -3.59. The van der Waals surface area contributed by atoms with Crippen molar-refractivity contribution in [2.75, 3.05) is 12.8 Å². The summed E-state index contributed by atoms with van der Waals surface area (Å²) >= 11 is 0. The Morgan fingerprint density at radius 1 is 1.19 bits per heavy atom. The summed E-state index contributed by atoms with van der Waals surface area (Å²) in [5.41, 5.74) is 3.07. The van der Waals surface area contributed by atoms with Gasteiger partial charge in [0.1, 0.15) is 0 Å². The van der Waals surface area contributed by atoms with Crippen molar-refractivity contribution in [3.05, 3.63) is 58.9 Å². The second-order valence-corrected chi connectivity index (χ2v) is 10.1. The molecule has 1 N–H and O–H groups in total. The number of benzene rings is 1. The number of aromatic nitrogens is 1. The summed E-state index contributed by atoms with van der Waals surface area (Å²) in [6, 6.07) is 8.74. The van der Waals surface area contributed by atoms with E-state index in [1.54, 1.807) is 31.3 Å². The Kier molecular flexibility index (Phi) is 5.16. The monoisotopic (exact) mass is 395 g/mol. The summed E-state index contributed by atoms with van der Waals surface area (Å²) in [5.74, 6) is 0. The Balaban J connectivity index is 1.85. The topological polar surface area (TPSA) is 96.4 Å². The van der Waals surface area contributed by atoms with Gasteiger partial charge in [-0.3, -0.25) is 4.98 Å². The van der Waals surface area contributed by atoms with Gasteiger partial charge < -0.3 is 0 Å². The first-order valence-electron chi connectivity index (χ1n) is 8.14. The van der Waals surface area contributed by atoms with E-state index < -0.39 is 20.0 Å². The Labute approximate surface area is 154 Å². The molecule has 9 heteroatoms. The van der Waals surface area contributed by atoms with E-state index in [0.717, 1.165) is 17.5 Å². The number of sulfonamides is 2. The third kappa shape index (κ3) is 4.12. The predicted octanol–water partition coefficient (Wildman–Crippen LogP) is 1.19. The fourth-order valence-corrected chi connectivity index (χ4v) is 5.02. The predicted molar refractivity (Wildman–Crippen MR) is 98.4 cm³/mol. The Morgan fingerprint density at radius 2 is 1.92 bits per heavy atom. The number of fused-ring (bicyclic) bond motifs is 1. The number of nitrogens with one attached hydrogen (secondary N) is 1. The second-order valence-electron chi connectivity index (χ2n) is 6.40. The lowest BCUT2D eigenvalue weighted by atomic mass is 10.1. The van der Waals surface area contributed by atoms with Crippen LogP contribution < -0.4 is 4.72 Å². The van der Waals surface area contributed by atoms with Crippen molar-refractivity contribution >= 4 is 20.0 Å². The fourth-order valence-electron chi connectivity index (χ4n) is 2.95. The molecule has 1 aromatic carbocycles. The van der Waals surface area contributed by atoms with E-state index in [9.17, 15) is 16.8 Å². The van der Waals surface area contributed by atoms with Crippen molar-refractivity contribution in [1.29, 1.82) is 0 Å². The molecular formula is C17H21N3O4S2. The third-order valence-electron chi connectivity index (χ3n) is 4.31. The average Bonchev–Trinajstić information content (AvgIpc) is 2.59. The van der Waals surface area contributed by atoms with E-state index >= 15 is 0 Å². The van der Waals surface area contributed by atoms with Crippen LogP contribution in [-0.4, -0.2) is 38.9 Å². The highest BCUT2D eigenvalue weighted by molar-refractivity contribution is 7.89. The van der Waals surface area contributed by atoms with Gasteiger partial charge in [-0.25, -0.2) is 21.6 Å². The molecule has 0 saturated heterocycles. The highest BCUT2D eigenvalue weighted by Crippen LogP contribution is 2.26. The molecule has 0 unspecified atom stereocenters. The summed E-state index contributed by atoms with van der Waals surface area (Å²) in [6.07, 6.45) is 3.25. The molecule has 7 nitrogen and oxygen atoms in total. The van der Waals surface area contributed by atoms with Gasteiger partial charge in [-0.05, 0) is 35.7 Å². The van der Waals surface area contributed by atoms with Crippen LogP contribution in [-0.2, 0) is 39.6 Å². The lowest BCUT2D eigenvalue weighted by Crippen LogP contribution is -2.36. The first kappa shape index (κ1) is 19.0. The highest BCUT2D eigenvalue weighted by Gasteiger charge is 2.29. The molecular weight excluding hydrogens is 374 g/mol. The first-order valence-corrected chi connectivity index (χ1v) is 11.5. The zero-order valence-corrected chi connectivity index (χ0v) is 16.3. The SMILES string of the molecule is Cc1ccccc1S(=O)(=O)N1CCc2ncc(CNS(C)(=O)=O)cc2C1. The summed E-state index contributed by atoms with van der Waals surface area (Å²) in [6.45, 7) is 2.51. The van der Waals surface area contributed by atoms with Gasteiger partial charge >= 0.3 is 0 Å². The van der Waals surface area contributed by atoms with Gasteiger partial charge in [-0.1, -0.05) is 18.2 Å². The maximum Gasteiger partial charge on any atom is 0.243 e. The molecule has 0 amide bonds. The molecule has 0 aliphatic carbocycles. The van der Waals surface area contributed by atoms with Gasteiger partial charge in [0.2, 0.25) is 20.0 Å². The molecule has 0 bridgehead atoms. The Morgan fingerprint density at radius 3 is 2.62 bits per heavy atom. The number of hydrogen-bond acceptors (Lipinski definition) is 5.